The molecule has 1 aromatic heterocycles. The number of amides is 1. The Bertz CT molecular complexity index is 818. The van der Waals surface area contributed by atoms with Crippen LogP contribution >= 0.6 is 0 Å². The summed E-state index contributed by atoms with van der Waals surface area (Å²) in [7, 11) is 1.47. The van der Waals surface area contributed by atoms with Crippen LogP contribution in [-0.4, -0.2) is 27.3 Å². The maximum absolute atomic E-state index is 13.5. The summed E-state index contributed by atoms with van der Waals surface area (Å²) in [5.74, 6) is -0.847. The second kappa shape index (κ2) is 5.92. The van der Waals surface area contributed by atoms with Crippen molar-refractivity contribution in [2.75, 3.05) is 11.4 Å². The molecule has 120 valence electrons. The largest absolute Gasteiger partial charge is 0.388 e. The van der Waals surface area contributed by atoms with Gasteiger partial charge in [0.25, 0.3) is 11.5 Å². The number of hydrogen-bond acceptors (Lipinski definition) is 4. The molecule has 1 aliphatic heterocycles. The smallest absolute Gasteiger partial charge is 0.278 e. The zero-order valence-electron chi connectivity index (χ0n) is 12.6. The molecule has 1 aliphatic rings. The fraction of sp³-hybridized carbons (Fsp3) is 0.312. The molecule has 2 heterocycles. The zero-order chi connectivity index (χ0) is 16.6. The van der Waals surface area contributed by atoms with E-state index in [1.54, 1.807) is 0 Å². The topological polar surface area (TPSA) is 75.4 Å². The Labute approximate surface area is 131 Å². The lowest BCUT2D eigenvalue weighted by atomic mass is 10.0. The number of aryl methyl sites for hydroxylation is 1. The summed E-state index contributed by atoms with van der Waals surface area (Å²) in [6.45, 7) is 0.388. The van der Waals surface area contributed by atoms with Crippen LogP contribution < -0.4 is 10.5 Å². The highest BCUT2D eigenvalue weighted by molar-refractivity contribution is 6.05. The SMILES string of the molecule is Cn1nc(C(=O)N2CCCC(O)c3cc(F)ccc32)ccc1=O. The number of carbonyl (C=O) groups excluding carboxylic acids is 1. The van der Waals surface area contributed by atoms with Crippen molar-refractivity contribution in [3.05, 3.63) is 57.8 Å². The van der Waals surface area contributed by atoms with E-state index >= 15 is 0 Å². The first-order chi connectivity index (χ1) is 11.0. The van der Waals surface area contributed by atoms with Gasteiger partial charge in [0, 0.05) is 30.9 Å². The van der Waals surface area contributed by atoms with Gasteiger partial charge in [-0.1, -0.05) is 0 Å². The molecule has 0 aliphatic carbocycles. The summed E-state index contributed by atoms with van der Waals surface area (Å²) >= 11 is 0. The van der Waals surface area contributed by atoms with Crippen molar-refractivity contribution in [1.82, 2.24) is 9.78 Å². The Balaban J connectivity index is 2.05. The highest BCUT2D eigenvalue weighted by Crippen LogP contribution is 2.34. The van der Waals surface area contributed by atoms with E-state index in [1.807, 2.05) is 0 Å². The van der Waals surface area contributed by atoms with Crippen LogP contribution in [0.4, 0.5) is 10.1 Å². The molecule has 1 N–H and O–H groups in total. The van der Waals surface area contributed by atoms with Crippen LogP contribution in [0, 0.1) is 5.82 Å². The van der Waals surface area contributed by atoms with E-state index in [9.17, 15) is 19.1 Å². The predicted molar refractivity (Wildman–Crippen MR) is 81.7 cm³/mol. The number of rotatable bonds is 1. The lowest BCUT2D eigenvalue weighted by Gasteiger charge is -2.23. The van der Waals surface area contributed by atoms with Crippen LogP contribution in [0.5, 0.6) is 0 Å². The van der Waals surface area contributed by atoms with E-state index in [4.69, 9.17) is 0 Å². The number of aromatic nitrogens is 2. The summed E-state index contributed by atoms with van der Waals surface area (Å²) < 4.78 is 14.6. The lowest BCUT2D eigenvalue weighted by molar-refractivity contribution is 0.0979. The molecule has 1 unspecified atom stereocenters. The van der Waals surface area contributed by atoms with Gasteiger partial charge in [-0.2, -0.15) is 5.10 Å². The highest BCUT2D eigenvalue weighted by Gasteiger charge is 2.27. The number of benzene rings is 1. The Morgan fingerprint density at radius 2 is 2.13 bits per heavy atom. The first-order valence-corrected chi connectivity index (χ1v) is 7.31. The molecule has 1 atom stereocenters. The van der Waals surface area contributed by atoms with Gasteiger partial charge in [-0.3, -0.25) is 9.59 Å². The summed E-state index contributed by atoms with van der Waals surface area (Å²) in [6, 6.07) is 6.64. The fourth-order valence-electron chi connectivity index (χ4n) is 2.72. The predicted octanol–water partition coefficient (Wildman–Crippen LogP) is 1.39. The van der Waals surface area contributed by atoms with E-state index in [0.717, 1.165) is 4.68 Å². The number of halogens is 1. The van der Waals surface area contributed by atoms with Gasteiger partial charge >= 0.3 is 0 Å². The van der Waals surface area contributed by atoms with Crippen molar-refractivity contribution in [2.24, 2.45) is 7.05 Å². The quantitative estimate of drug-likeness (QED) is 0.862. The number of hydrogen-bond donors (Lipinski definition) is 1. The molecule has 7 heteroatoms. The normalized spacial score (nSPS) is 17.5. The van der Waals surface area contributed by atoms with Gasteiger partial charge in [-0.05, 0) is 37.1 Å². The number of aliphatic hydroxyl groups is 1. The van der Waals surface area contributed by atoms with Crippen molar-refractivity contribution < 1.29 is 14.3 Å². The minimum Gasteiger partial charge on any atom is -0.388 e. The number of fused-ring (bicyclic) bond motifs is 1. The van der Waals surface area contributed by atoms with E-state index in [1.165, 1.54) is 42.3 Å². The maximum atomic E-state index is 13.5. The number of anilines is 1. The van der Waals surface area contributed by atoms with Crippen LogP contribution in [0.2, 0.25) is 0 Å². The molecule has 3 rings (SSSR count). The van der Waals surface area contributed by atoms with Crippen molar-refractivity contribution in [2.45, 2.75) is 18.9 Å². The van der Waals surface area contributed by atoms with Crippen molar-refractivity contribution in [3.63, 3.8) is 0 Å². The molecular weight excluding hydrogens is 301 g/mol. The average Bonchev–Trinajstić information content (AvgIpc) is 2.69. The first-order valence-electron chi connectivity index (χ1n) is 7.31. The van der Waals surface area contributed by atoms with E-state index in [2.05, 4.69) is 5.10 Å². The Kier molecular flexibility index (Phi) is 3.96. The monoisotopic (exact) mass is 317 g/mol. The number of aliphatic hydroxyl groups excluding tert-OH is 1. The highest BCUT2D eigenvalue weighted by atomic mass is 19.1. The van der Waals surface area contributed by atoms with Gasteiger partial charge in [0.15, 0.2) is 0 Å². The molecule has 0 fully saturated rings. The fourth-order valence-corrected chi connectivity index (χ4v) is 2.72. The van der Waals surface area contributed by atoms with Crippen LogP contribution in [-0.2, 0) is 7.05 Å². The molecule has 0 spiro atoms. The summed E-state index contributed by atoms with van der Waals surface area (Å²) in [5, 5.41) is 14.1. The minimum atomic E-state index is -0.813. The van der Waals surface area contributed by atoms with Gasteiger partial charge in [0.1, 0.15) is 11.5 Å². The molecule has 1 aromatic carbocycles. The number of carbonyl (C=O) groups is 1. The van der Waals surface area contributed by atoms with Crippen LogP contribution in [0.1, 0.15) is 35.0 Å². The molecule has 0 radical (unpaired) electrons. The summed E-state index contributed by atoms with van der Waals surface area (Å²) in [4.78, 5) is 25.6. The Morgan fingerprint density at radius 3 is 2.87 bits per heavy atom. The van der Waals surface area contributed by atoms with Crippen LogP contribution in [0.25, 0.3) is 0 Å². The third-order valence-corrected chi connectivity index (χ3v) is 3.92. The first kappa shape index (κ1) is 15.4. The molecule has 6 nitrogen and oxygen atoms in total. The standard InChI is InChI=1S/C16H16FN3O3/c1-19-15(22)7-5-12(18-19)16(23)20-8-2-3-14(21)11-9-10(17)4-6-13(11)20/h4-7,9,14,21H,2-3,8H2,1H3. The molecular formula is C16H16FN3O3. The number of nitrogens with zero attached hydrogens (tertiary/aromatic N) is 3. The second-order valence-corrected chi connectivity index (χ2v) is 5.50. The zero-order valence-corrected chi connectivity index (χ0v) is 12.6. The average molecular weight is 317 g/mol. The van der Waals surface area contributed by atoms with Gasteiger partial charge in [-0.15, -0.1) is 0 Å². The third-order valence-electron chi connectivity index (χ3n) is 3.92. The van der Waals surface area contributed by atoms with Crippen LogP contribution in [0.15, 0.2) is 35.1 Å². The lowest BCUT2D eigenvalue weighted by Crippen LogP contribution is -2.34. The summed E-state index contributed by atoms with van der Waals surface area (Å²) in [6.07, 6.45) is 0.210. The van der Waals surface area contributed by atoms with Gasteiger partial charge in [0.05, 0.1) is 6.10 Å². The second-order valence-electron chi connectivity index (χ2n) is 5.50. The van der Waals surface area contributed by atoms with Crippen molar-refractivity contribution in [1.29, 1.82) is 0 Å². The summed E-state index contributed by atoms with van der Waals surface area (Å²) in [5.41, 5.74) is 0.673. The van der Waals surface area contributed by atoms with E-state index in [-0.39, 0.29) is 17.2 Å². The Hall–Kier alpha value is -2.54. The maximum Gasteiger partial charge on any atom is 0.278 e. The minimum absolute atomic E-state index is 0.124. The van der Waals surface area contributed by atoms with E-state index < -0.39 is 11.9 Å². The van der Waals surface area contributed by atoms with Gasteiger partial charge < -0.3 is 10.0 Å². The van der Waals surface area contributed by atoms with Gasteiger partial charge in [0.2, 0.25) is 0 Å². The molecule has 23 heavy (non-hydrogen) atoms. The van der Waals surface area contributed by atoms with E-state index in [0.29, 0.717) is 30.6 Å². The van der Waals surface area contributed by atoms with Crippen molar-refractivity contribution >= 4 is 11.6 Å². The molecule has 2 aromatic rings. The third kappa shape index (κ3) is 2.87. The van der Waals surface area contributed by atoms with Crippen LogP contribution in [0.3, 0.4) is 0 Å². The molecule has 0 saturated carbocycles. The van der Waals surface area contributed by atoms with Crippen molar-refractivity contribution in [3.8, 4) is 0 Å². The molecule has 1 amide bonds. The molecule has 0 bridgehead atoms. The van der Waals surface area contributed by atoms with Gasteiger partial charge in [-0.25, -0.2) is 9.07 Å². The molecule has 0 saturated heterocycles. The Morgan fingerprint density at radius 1 is 1.35 bits per heavy atom.